The first-order chi connectivity index (χ1) is 7.34. The Hall–Kier alpha value is -0.690. The minimum atomic E-state index is 0.275. The number of carbonyl (C=O) groups excluding carboxylic acids is 1. The van der Waals surface area contributed by atoms with E-state index in [0.29, 0.717) is 12.2 Å². The Balaban J connectivity index is 2.05. The number of thioether (sulfide) groups is 1. The fourth-order valence-corrected chi connectivity index (χ4v) is 2.50. The molecule has 1 aliphatic rings. The van der Waals surface area contributed by atoms with Gasteiger partial charge in [-0.05, 0) is 31.4 Å². The molecule has 0 aromatic heterocycles. The number of unbranched alkanes of at least 4 members (excludes halogenated alkanes) is 1. The van der Waals surface area contributed by atoms with Crippen LogP contribution in [0.25, 0.3) is 0 Å². The number of nitrogens with zero attached hydrogens (tertiary/aromatic N) is 2. The molecule has 1 amide bonds. The quantitative estimate of drug-likeness (QED) is 0.674. The Morgan fingerprint density at radius 3 is 2.73 bits per heavy atom. The number of hydrogen-bond donors (Lipinski definition) is 0. The molecule has 0 N–H and O–H groups in total. The van der Waals surface area contributed by atoms with E-state index in [1.54, 1.807) is 11.8 Å². The summed E-state index contributed by atoms with van der Waals surface area (Å²) in [6.45, 7) is 1.88. The van der Waals surface area contributed by atoms with Crippen LogP contribution in [0, 0.1) is 11.3 Å². The fourth-order valence-electron chi connectivity index (χ4n) is 1.65. The van der Waals surface area contributed by atoms with E-state index in [1.807, 2.05) is 4.90 Å². The minimum absolute atomic E-state index is 0.275. The first-order valence-electron chi connectivity index (χ1n) is 5.57. The fraction of sp³-hybridized carbons (Fsp3) is 0.818. The SMILES string of the molecule is N#CCCCSCC(=O)N1CCCCC1. The van der Waals surface area contributed by atoms with Gasteiger partial charge in [0.1, 0.15) is 0 Å². The molecule has 15 heavy (non-hydrogen) atoms. The van der Waals surface area contributed by atoms with Gasteiger partial charge in [0.15, 0.2) is 0 Å². The van der Waals surface area contributed by atoms with Gasteiger partial charge in [-0.1, -0.05) is 0 Å². The van der Waals surface area contributed by atoms with Crippen molar-refractivity contribution in [3.8, 4) is 6.07 Å². The van der Waals surface area contributed by atoms with E-state index in [9.17, 15) is 4.79 Å². The van der Waals surface area contributed by atoms with Crippen LogP contribution < -0.4 is 0 Å². The van der Waals surface area contributed by atoms with Crippen molar-refractivity contribution in [2.75, 3.05) is 24.6 Å². The highest BCUT2D eigenvalue weighted by molar-refractivity contribution is 7.99. The first kappa shape index (κ1) is 12.4. The van der Waals surface area contributed by atoms with Crippen LogP contribution in [0.3, 0.4) is 0 Å². The van der Waals surface area contributed by atoms with E-state index in [0.717, 1.165) is 38.1 Å². The van der Waals surface area contributed by atoms with Crippen molar-refractivity contribution in [1.29, 1.82) is 5.26 Å². The van der Waals surface area contributed by atoms with Crippen molar-refractivity contribution in [2.45, 2.75) is 32.1 Å². The predicted octanol–water partition coefficient (Wildman–Crippen LogP) is 2.04. The van der Waals surface area contributed by atoms with Crippen molar-refractivity contribution in [2.24, 2.45) is 0 Å². The summed E-state index contributed by atoms with van der Waals surface area (Å²) >= 11 is 1.65. The molecule has 0 aromatic carbocycles. The van der Waals surface area contributed by atoms with Crippen LogP contribution in [0.2, 0.25) is 0 Å². The summed E-state index contributed by atoms with van der Waals surface area (Å²) in [6, 6.07) is 2.11. The van der Waals surface area contributed by atoms with Gasteiger partial charge < -0.3 is 4.90 Å². The summed E-state index contributed by atoms with van der Waals surface area (Å²) in [4.78, 5) is 13.6. The molecular formula is C11H18N2OS. The molecule has 0 aliphatic carbocycles. The zero-order valence-electron chi connectivity index (χ0n) is 9.07. The number of hydrogen-bond acceptors (Lipinski definition) is 3. The average Bonchev–Trinajstić information content (AvgIpc) is 2.30. The maximum atomic E-state index is 11.7. The van der Waals surface area contributed by atoms with Crippen molar-refractivity contribution >= 4 is 17.7 Å². The van der Waals surface area contributed by atoms with Crippen molar-refractivity contribution < 1.29 is 4.79 Å². The van der Waals surface area contributed by atoms with Gasteiger partial charge in [0, 0.05) is 19.5 Å². The molecular weight excluding hydrogens is 208 g/mol. The molecule has 4 heteroatoms. The van der Waals surface area contributed by atoms with E-state index >= 15 is 0 Å². The first-order valence-corrected chi connectivity index (χ1v) is 6.72. The van der Waals surface area contributed by atoms with Gasteiger partial charge in [-0.25, -0.2) is 0 Å². The summed E-state index contributed by atoms with van der Waals surface area (Å²) in [6.07, 6.45) is 5.08. The van der Waals surface area contributed by atoms with Crippen molar-refractivity contribution in [1.82, 2.24) is 4.90 Å². The third kappa shape index (κ3) is 5.08. The Kier molecular flexibility index (Phi) is 6.26. The summed E-state index contributed by atoms with van der Waals surface area (Å²) in [5, 5.41) is 8.34. The monoisotopic (exact) mass is 226 g/mol. The van der Waals surface area contributed by atoms with Gasteiger partial charge in [-0.2, -0.15) is 17.0 Å². The second-order valence-electron chi connectivity index (χ2n) is 3.76. The van der Waals surface area contributed by atoms with Crippen LogP contribution >= 0.6 is 11.8 Å². The van der Waals surface area contributed by atoms with Crippen LogP contribution in [0.15, 0.2) is 0 Å². The zero-order chi connectivity index (χ0) is 10.9. The highest BCUT2D eigenvalue weighted by atomic mass is 32.2. The maximum absolute atomic E-state index is 11.7. The van der Waals surface area contributed by atoms with E-state index in [-0.39, 0.29) is 5.91 Å². The van der Waals surface area contributed by atoms with Crippen molar-refractivity contribution in [3.05, 3.63) is 0 Å². The molecule has 0 radical (unpaired) electrons. The number of amides is 1. The van der Waals surface area contributed by atoms with Gasteiger partial charge in [-0.3, -0.25) is 4.79 Å². The van der Waals surface area contributed by atoms with E-state index in [4.69, 9.17) is 5.26 Å². The van der Waals surface area contributed by atoms with Crippen molar-refractivity contribution in [3.63, 3.8) is 0 Å². The third-order valence-electron chi connectivity index (χ3n) is 2.51. The molecule has 0 bridgehead atoms. The Morgan fingerprint density at radius 2 is 2.07 bits per heavy atom. The summed E-state index contributed by atoms with van der Waals surface area (Å²) in [5.74, 6) is 1.79. The maximum Gasteiger partial charge on any atom is 0.232 e. The molecule has 0 spiro atoms. The lowest BCUT2D eigenvalue weighted by atomic mass is 10.1. The molecule has 1 fully saturated rings. The Bertz CT molecular complexity index is 231. The largest absolute Gasteiger partial charge is 0.342 e. The topological polar surface area (TPSA) is 44.1 Å². The molecule has 84 valence electrons. The average molecular weight is 226 g/mol. The lowest BCUT2D eigenvalue weighted by Gasteiger charge is -2.26. The predicted molar refractivity (Wildman–Crippen MR) is 62.6 cm³/mol. The van der Waals surface area contributed by atoms with E-state index in [2.05, 4.69) is 6.07 Å². The molecule has 0 atom stereocenters. The normalized spacial score (nSPS) is 16.1. The number of nitriles is 1. The zero-order valence-corrected chi connectivity index (χ0v) is 9.89. The van der Waals surface area contributed by atoms with Crippen LogP contribution in [0.1, 0.15) is 32.1 Å². The van der Waals surface area contributed by atoms with Gasteiger partial charge in [0.2, 0.25) is 5.91 Å². The van der Waals surface area contributed by atoms with E-state index in [1.165, 1.54) is 6.42 Å². The standard InChI is InChI=1S/C11H18N2OS/c12-6-2-5-9-15-10-11(14)13-7-3-1-4-8-13/h1-5,7-10H2. The van der Waals surface area contributed by atoms with Crippen LogP contribution in [-0.2, 0) is 4.79 Å². The molecule has 1 aliphatic heterocycles. The number of rotatable bonds is 5. The van der Waals surface area contributed by atoms with Gasteiger partial charge >= 0.3 is 0 Å². The molecule has 1 heterocycles. The molecule has 3 nitrogen and oxygen atoms in total. The van der Waals surface area contributed by atoms with Gasteiger partial charge in [0.25, 0.3) is 0 Å². The highest BCUT2D eigenvalue weighted by Gasteiger charge is 2.15. The third-order valence-corrected chi connectivity index (χ3v) is 3.54. The van der Waals surface area contributed by atoms with Crippen LogP contribution in [0.4, 0.5) is 0 Å². The molecule has 0 unspecified atom stereocenters. The summed E-state index contributed by atoms with van der Waals surface area (Å²) < 4.78 is 0. The number of likely N-dealkylation sites (tertiary alicyclic amines) is 1. The van der Waals surface area contributed by atoms with Crippen LogP contribution in [0.5, 0.6) is 0 Å². The van der Waals surface area contributed by atoms with Crippen LogP contribution in [-0.4, -0.2) is 35.4 Å². The summed E-state index contributed by atoms with van der Waals surface area (Å²) in [7, 11) is 0. The summed E-state index contributed by atoms with van der Waals surface area (Å²) in [5.41, 5.74) is 0. The minimum Gasteiger partial charge on any atom is -0.342 e. The number of piperidine rings is 1. The van der Waals surface area contributed by atoms with E-state index < -0.39 is 0 Å². The molecule has 1 rings (SSSR count). The lowest BCUT2D eigenvalue weighted by Crippen LogP contribution is -2.36. The lowest BCUT2D eigenvalue weighted by molar-refractivity contribution is -0.129. The number of carbonyl (C=O) groups is 1. The Morgan fingerprint density at radius 1 is 1.33 bits per heavy atom. The molecule has 0 aromatic rings. The van der Waals surface area contributed by atoms with Gasteiger partial charge in [0.05, 0.1) is 11.8 Å². The smallest absolute Gasteiger partial charge is 0.232 e. The molecule has 1 saturated heterocycles. The highest BCUT2D eigenvalue weighted by Crippen LogP contribution is 2.11. The van der Waals surface area contributed by atoms with Gasteiger partial charge in [-0.15, -0.1) is 0 Å². The Labute approximate surface area is 95.8 Å². The second-order valence-corrected chi connectivity index (χ2v) is 4.86. The molecule has 0 saturated carbocycles. The second kappa shape index (κ2) is 7.58.